The highest BCUT2D eigenvalue weighted by Gasteiger charge is 2.13. The Bertz CT molecular complexity index is 971. The van der Waals surface area contributed by atoms with Gasteiger partial charge in [0, 0.05) is 18.0 Å². The first-order valence-electron chi connectivity index (χ1n) is 8.10. The summed E-state index contributed by atoms with van der Waals surface area (Å²) in [6.45, 7) is 4.33. The van der Waals surface area contributed by atoms with Crippen molar-refractivity contribution >= 4 is 0 Å². The van der Waals surface area contributed by atoms with Crippen LogP contribution >= 0.6 is 0 Å². The first-order valence-corrected chi connectivity index (χ1v) is 8.10. The van der Waals surface area contributed by atoms with Crippen molar-refractivity contribution in [3.05, 3.63) is 66.7 Å². The van der Waals surface area contributed by atoms with E-state index in [0.717, 1.165) is 11.4 Å². The third kappa shape index (κ3) is 3.06. The molecule has 25 heavy (non-hydrogen) atoms. The van der Waals surface area contributed by atoms with E-state index in [1.165, 1.54) is 5.56 Å². The van der Waals surface area contributed by atoms with E-state index >= 15 is 0 Å². The predicted octanol–water partition coefficient (Wildman–Crippen LogP) is 4.11. The van der Waals surface area contributed by atoms with Crippen molar-refractivity contribution in [1.29, 1.82) is 0 Å². The minimum absolute atomic E-state index is 0.463. The number of benzene rings is 1. The first-order chi connectivity index (χ1) is 12.2. The van der Waals surface area contributed by atoms with E-state index in [9.17, 15) is 0 Å². The Kier molecular flexibility index (Phi) is 3.85. The van der Waals surface area contributed by atoms with Gasteiger partial charge in [-0.1, -0.05) is 37.2 Å². The SMILES string of the molecule is CC(C)c1ccc(-c2nc(-c3cccc(-n4ccnc4)n3)no2)cc1. The van der Waals surface area contributed by atoms with Crippen LogP contribution in [0.1, 0.15) is 25.3 Å². The fourth-order valence-electron chi connectivity index (χ4n) is 2.54. The number of rotatable bonds is 4. The Morgan fingerprint density at radius 3 is 2.56 bits per heavy atom. The first kappa shape index (κ1) is 15.3. The summed E-state index contributed by atoms with van der Waals surface area (Å²) < 4.78 is 7.24. The van der Waals surface area contributed by atoms with Gasteiger partial charge in [-0.2, -0.15) is 4.98 Å². The van der Waals surface area contributed by atoms with Crippen LogP contribution in [0.25, 0.3) is 28.8 Å². The standard InChI is InChI=1S/C19H17N5O/c1-13(2)14-6-8-15(9-7-14)19-22-18(23-25-19)16-4-3-5-17(21-16)24-11-10-20-12-24/h3-13H,1-2H3. The van der Waals surface area contributed by atoms with Crippen molar-refractivity contribution in [2.75, 3.05) is 0 Å². The molecular weight excluding hydrogens is 314 g/mol. The lowest BCUT2D eigenvalue weighted by atomic mass is 10.0. The normalized spacial score (nSPS) is 11.2. The molecule has 0 radical (unpaired) electrons. The van der Waals surface area contributed by atoms with Gasteiger partial charge in [0.15, 0.2) is 0 Å². The summed E-state index contributed by atoms with van der Waals surface area (Å²) in [5, 5.41) is 4.07. The Morgan fingerprint density at radius 2 is 1.84 bits per heavy atom. The van der Waals surface area contributed by atoms with Gasteiger partial charge in [0.25, 0.3) is 5.89 Å². The van der Waals surface area contributed by atoms with Gasteiger partial charge < -0.3 is 4.52 Å². The van der Waals surface area contributed by atoms with Gasteiger partial charge in [-0.05, 0) is 35.7 Å². The van der Waals surface area contributed by atoms with Crippen LogP contribution in [0.2, 0.25) is 0 Å². The molecule has 3 aromatic heterocycles. The largest absolute Gasteiger partial charge is 0.334 e. The quantitative estimate of drug-likeness (QED) is 0.563. The summed E-state index contributed by atoms with van der Waals surface area (Å²) in [4.78, 5) is 13.1. The van der Waals surface area contributed by atoms with E-state index < -0.39 is 0 Å². The Morgan fingerprint density at radius 1 is 1.00 bits per heavy atom. The zero-order valence-corrected chi connectivity index (χ0v) is 14.0. The molecule has 0 saturated heterocycles. The van der Waals surface area contributed by atoms with Crippen molar-refractivity contribution in [2.45, 2.75) is 19.8 Å². The van der Waals surface area contributed by atoms with E-state index in [4.69, 9.17) is 4.52 Å². The molecule has 0 N–H and O–H groups in total. The second-order valence-electron chi connectivity index (χ2n) is 6.05. The van der Waals surface area contributed by atoms with E-state index in [1.54, 1.807) is 12.5 Å². The molecule has 0 saturated carbocycles. The van der Waals surface area contributed by atoms with Crippen molar-refractivity contribution in [2.24, 2.45) is 0 Å². The summed E-state index contributed by atoms with van der Waals surface area (Å²) >= 11 is 0. The molecule has 0 amide bonds. The van der Waals surface area contributed by atoms with E-state index in [2.05, 4.69) is 46.1 Å². The zero-order valence-electron chi connectivity index (χ0n) is 14.0. The average molecular weight is 331 g/mol. The Hall–Kier alpha value is -3.28. The number of aromatic nitrogens is 5. The fraction of sp³-hybridized carbons (Fsp3) is 0.158. The lowest BCUT2D eigenvalue weighted by Gasteiger charge is -2.04. The van der Waals surface area contributed by atoms with Crippen LogP contribution in [-0.2, 0) is 0 Å². The molecule has 0 atom stereocenters. The highest BCUT2D eigenvalue weighted by molar-refractivity contribution is 5.58. The van der Waals surface area contributed by atoms with Gasteiger partial charge in [0.1, 0.15) is 17.8 Å². The monoisotopic (exact) mass is 331 g/mol. The van der Waals surface area contributed by atoms with Crippen LogP contribution in [0.15, 0.2) is 65.7 Å². The second kappa shape index (κ2) is 6.32. The number of pyridine rings is 1. The van der Waals surface area contributed by atoms with Crippen molar-refractivity contribution in [1.82, 2.24) is 24.7 Å². The van der Waals surface area contributed by atoms with E-state index in [-0.39, 0.29) is 0 Å². The van der Waals surface area contributed by atoms with Crippen molar-refractivity contribution in [3.8, 4) is 28.8 Å². The number of imidazole rings is 1. The smallest absolute Gasteiger partial charge is 0.258 e. The second-order valence-corrected chi connectivity index (χ2v) is 6.05. The fourth-order valence-corrected chi connectivity index (χ4v) is 2.54. The van der Waals surface area contributed by atoms with E-state index in [0.29, 0.717) is 23.3 Å². The molecule has 0 fully saturated rings. The van der Waals surface area contributed by atoms with Gasteiger partial charge in [-0.25, -0.2) is 9.97 Å². The molecule has 0 aliphatic carbocycles. The Balaban J connectivity index is 1.64. The minimum atomic E-state index is 0.463. The van der Waals surface area contributed by atoms with Crippen LogP contribution in [0, 0.1) is 0 Å². The van der Waals surface area contributed by atoms with Gasteiger partial charge >= 0.3 is 0 Å². The number of hydrogen-bond acceptors (Lipinski definition) is 5. The third-order valence-electron chi connectivity index (χ3n) is 3.98. The molecule has 4 aromatic rings. The molecule has 1 aromatic carbocycles. The molecule has 0 bridgehead atoms. The van der Waals surface area contributed by atoms with Crippen molar-refractivity contribution < 1.29 is 4.52 Å². The third-order valence-corrected chi connectivity index (χ3v) is 3.98. The highest BCUT2D eigenvalue weighted by Crippen LogP contribution is 2.24. The van der Waals surface area contributed by atoms with Gasteiger partial charge in [0.05, 0.1) is 0 Å². The van der Waals surface area contributed by atoms with E-state index in [1.807, 2.05) is 41.1 Å². The van der Waals surface area contributed by atoms with Gasteiger partial charge in [0.2, 0.25) is 5.82 Å². The summed E-state index contributed by atoms with van der Waals surface area (Å²) in [6.07, 6.45) is 5.25. The maximum absolute atomic E-state index is 5.42. The maximum Gasteiger partial charge on any atom is 0.258 e. The topological polar surface area (TPSA) is 69.6 Å². The molecule has 0 spiro atoms. The lowest BCUT2D eigenvalue weighted by molar-refractivity contribution is 0.432. The lowest BCUT2D eigenvalue weighted by Crippen LogP contribution is -1.96. The average Bonchev–Trinajstić information content (AvgIpc) is 3.34. The molecule has 6 nitrogen and oxygen atoms in total. The molecule has 3 heterocycles. The number of hydrogen-bond donors (Lipinski definition) is 0. The van der Waals surface area contributed by atoms with Crippen LogP contribution in [0.3, 0.4) is 0 Å². The molecular formula is C19H17N5O. The minimum Gasteiger partial charge on any atom is -0.334 e. The summed E-state index contributed by atoms with van der Waals surface area (Å²) in [5.41, 5.74) is 2.83. The summed E-state index contributed by atoms with van der Waals surface area (Å²) in [6, 6.07) is 13.8. The predicted molar refractivity (Wildman–Crippen MR) is 94.2 cm³/mol. The van der Waals surface area contributed by atoms with Crippen LogP contribution in [-0.4, -0.2) is 24.7 Å². The van der Waals surface area contributed by atoms with Gasteiger partial charge in [-0.15, -0.1) is 0 Å². The van der Waals surface area contributed by atoms with Gasteiger partial charge in [-0.3, -0.25) is 4.57 Å². The molecule has 4 rings (SSSR count). The maximum atomic E-state index is 5.42. The summed E-state index contributed by atoms with van der Waals surface area (Å²) in [5.74, 6) is 2.19. The zero-order chi connectivity index (χ0) is 17.2. The molecule has 124 valence electrons. The molecule has 0 aliphatic rings. The Labute approximate surface area is 145 Å². The van der Waals surface area contributed by atoms with Crippen LogP contribution in [0.5, 0.6) is 0 Å². The molecule has 0 unspecified atom stereocenters. The van der Waals surface area contributed by atoms with Crippen molar-refractivity contribution in [3.63, 3.8) is 0 Å². The highest BCUT2D eigenvalue weighted by atomic mass is 16.5. The summed E-state index contributed by atoms with van der Waals surface area (Å²) in [7, 11) is 0. The number of nitrogens with zero attached hydrogens (tertiary/aromatic N) is 5. The van der Waals surface area contributed by atoms with Crippen LogP contribution < -0.4 is 0 Å². The molecule has 6 heteroatoms. The van der Waals surface area contributed by atoms with Crippen LogP contribution in [0.4, 0.5) is 0 Å². The molecule has 0 aliphatic heterocycles.